The van der Waals surface area contributed by atoms with E-state index in [1.54, 1.807) is 30.1 Å². The van der Waals surface area contributed by atoms with Gasteiger partial charge in [0.25, 0.3) is 10.0 Å². The molecule has 0 aromatic heterocycles. The first-order chi connectivity index (χ1) is 12.3. The van der Waals surface area contributed by atoms with Crippen LogP contribution in [0.15, 0.2) is 33.6 Å². The fourth-order valence-corrected chi connectivity index (χ4v) is 5.27. The summed E-state index contributed by atoms with van der Waals surface area (Å²) in [7, 11) is -0.770. The molecule has 140 valence electrons. The Hall–Kier alpha value is -2.07. The predicted molar refractivity (Wildman–Crippen MR) is 97.6 cm³/mol. The summed E-state index contributed by atoms with van der Waals surface area (Å²) in [5, 5.41) is -0.395. The van der Waals surface area contributed by atoms with E-state index in [4.69, 9.17) is 4.74 Å². The molecule has 26 heavy (non-hydrogen) atoms. The standard InChI is InChI=1S/C16H19N3O5S2/c1-18(15-11-5-3-4-6-13(11)26(22,23)17-15)10-14(20)19-7-8-25-12(9-19)16(21)24-2/h3-6,12H,7-10H2,1-2H3/t12-/m0/s1. The second-order valence-electron chi connectivity index (χ2n) is 5.96. The number of esters is 1. The third-order valence-electron chi connectivity index (χ3n) is 4.23. The lowest BCUT2D eigenvalue weighted by Gasteiger charge is -2.32. The lowest BCUT2D eigenvalue weighted by molar-refractivity contribution is -0.141. The summed E-state index contributed by atoms with van der Waals surface area (Å²) in [4.78, 5) is 27.6. The number of hydrogen-bond donors (Lipinski definition) is 0. The van der Waals surface area contributed by atoms with Gasteiger partial charge in [-0.2, -0.15) is 8.42 Å². The Labute approximate surface area is 156 Å². The minimum Gasteiger partial charge on any atom is -0.468 e. The maximum atomic E-state index is 12.6. The highest BCUT2D eigenvalue weighted by atomic mass is 32.2. The van der Waals surface area contributed by atoms with Crippen LogP contribution in [0.1, 0.15) is 5.56 Å². The molecule has 1 saturated heterocycles. The van der Waals surface area contributed by atoms with Gasteiger partial charge in [0.2, 0.25) is 5.91 Å². The number of nitrogens with zero attached hydrogens (tertiary/aromatic N) is 3. The monoisotopic (exact) mass is 397 g/mol. The van der Waals surface area contributed by atoms with Crippen molar-refractivity contribution in [2.75, 3.05) is 39.5 Å². The SMILES string of the molecule is COC(=O)[C@@H]1CN(C(=O)CN(C)C2=NS(=O)(=O)c3ccccc32)CCS1. The molecule has 10 heteroatoms. The first-order valence-corrected chi connectivity index (χ1v) is 10.4. The molecule has 3 rings (SSSR count). The minimum absolute atomic E-state index is 0.0265. The quantitative estimate of drug-likeness (QED) is 0.672. The van der Waals surface area contributed by atoms with E-state index >= 15 is 0 Å². The number of carbonyl (C=O) groups is 2. The highest BCUT2D eigenvalue weighted by Gasteiger charge is 2.33. The van der Waals surface area contributed by atoms with Crippen molar-refractivity contribution in [3.05, 3.63) is 29.8 Å². The first-order valence-electron chi connectivity index (χ1n) is 7.96. The molecule has 0 unspecified atom stereocenters. The molecule has 1 atom stereocenters. The zero-order chi connectivity index (χ0) is 18.9. The second kappa shape index (κ2) is 7.28. The molecule has 0 bridgehead atoms. The molecule has 1 fully saturated rings. The van der Waals surface area contributed by atoms with Crippen LogP contribution in [0.3, 0.4) is 0 Å². The number of ether oxygens (including phenoxy) is 1. The minimum atomic E-state index is -3.73. The molecule has 1 amide bonds. The van der Waals surface area contributed by atoms with E-state index in [2.05, 4.69) is 4.40 Å². The number of benzene rings is 1. The summed E-state index contributed by atoms with van der Waals surface area (Å²) in [5.41, 5.74) is 0.490. The molecule has 0 radical (unpaired) electrons. The Balaban J connectivity index is 1.72. The maximum absolute atomic E-state index is 12.6. The lowest BCUT2D eigenvalue weighted by Crippen LogP contribution is -2.48. The smallest absolute Gasteiger partial charge is 0.320 e. The normalized spacial score (nSPS) is 20.9. The molecule has 8 nitrogen and oxygen atoms in total. The van der Waals surface area contributed by atoms with Crippen LogP contribution in [-0.2, 0) is 24.3 Å². The number of amidine groups is 1. The molecule has 1 aromatic carbocycles. The fraction of sp³-hybridized carbons (Fsp3) is 0.438. The van der Waals surface area contributed by atoms with E-state index in [-0.39, 0.29) is 35.7 Å². The highest BCUT2D eigenvalue weighted by molar-refractivity contribution is 8.00. The Morgan fingerprint density at radius 3 is 2.85 bits per heavy atom. The summed E-state index contributed by atoms with van der Waals surface area (Å²) >= 11 is 1.47. The van der Waals surface area contributed by atoms with Gasteiger partial charge in [-0.15, -0.1) is 16.2 Å². The van der Waals surface area contributed by atoms with Gasteiger partial charge < -0.3 is 14.5 Å². The molecule has 0 spiro atoms. The third kappa shape index (κ3) is 3.56. The predicted octanol–water partition coefficient (Wildman–Crippen LogP) is 0.184. The average molecular weight is 397 g/mol. The fourth-order valence-electron chi connectivity index (χ4n) is 2.89. The van der Waals surface area contributed by atoms with Gasteiger partial charge in [-0.1, -0.05) is 12.1 Å². The van der Waals surface area contributed by atoms with Gasteiger partial charge in [-0.25, -0.2) is 0 Å². The molecule has 0 aliphatic carbocycles. The van der Waals surface area contributed by atoms with Gasteiger partial charge in [0.1, 0.15) is 10.1 Å². The van der Waals surface area contributed by atoms with Gasteiger partial charge in [-0.05, 0) is 12.1 Å². The van der Waals surface area contributed by atoms with E-state index in [0.717, 1.165) is 0 Å². The Bertz CT molecular complexity index is 868. The molecular weight excluding hydrogens is 378 g/mol. The van der Waals surface area contributed by atoms with Crippen LogP contribution in [0.25, 0.3) is 0 Å². The van der Waals surface area contributed by atoms with E-state index in [0.29, 0.717) is 17.9 Å². The third-order valence-corrected chi connectivity index (χ3v) is 6.72. The zero-order valence-corrected chi connectivity index (χ0v) is 16.0. The Kier molecular flexibility index (Phi) is 5.24. The van der Waals surface area contributed by atoms with Gasteiger partial charge >= 0.3 is 5.97 Å². The van der Waals surface area contributed by atoms with Crippen LogP contribution in [0.2, 0.25) is 0 Å². The van der Waals surface area contributed by atoms with Crippen LogP contribution in [-0.4, -0.2) is 80.7 Å². The summed E-state index contributed by atoms with van der Waals surface area (Å²) in [6, 6.07) is 6.54. The van der Waals surface area contributed by atoms with E-state index in [1.165, 1.54) is 29.8 Å². The number of carbonyl (C=O) groups excluding carboxylic acids is 2. The van der Waals surface area contributed by atoms with Crippen molar-refractivity contribution >= 4 is 39.5 Å². The molecule has 0 N–H and O–H groups in total. The number of thioether (sulfide) groups is 1. The first kappa shape index (κ1) is 18.7. The van der Waals surface area contributed by atoms with Crippen molar-refractivity contribution in [3.63, 3.8) is 0 Å². The van der Waals surface area contributed by atoms with Gasteiger partial charge in [0.15, 0.2) is 5.84 Å². The summed E-state index contributed by atoms with van der Waals surface area (Å²) in [6.07, 6.45) is 0. The summed E-state index contributed by atoms with van der Waals surface area (Å²) in [5.74, 6) is 0.366. The molecule has 0 saturated carbocycles. The average Bonchev–Trinajstić information content (AvgIpc) is 2.93. The van der Waals surface area contributed by atoms with Gasteiger partial charge in [0.05, 0.1) is 13.7 Å². The van der Waals surface area contributed by atoms with Crippen LogP contribution < -0.4 is 0 Å². The zero-order valence-electron chi connectivity index (χ0n) is 14.4. The number of sulfonamides is 1. The lowest BCUT2D eigenvalue weighted by atomic mass is 10.2. The number of hydrogen-bond acceptors (Lipinski definition) is 7. The van der Waals surface area contributed by atoms with Crippen molar-refractivity contribution < 1.29 is 22.7 Å². The second-order valence-corrected chi connectivity index (χ2v) is 8.85. The summed E-state index contributed by atoms with van der Waals surface area (Å²) in [6.45, 7) is 0.790. The van der Waals surface area contributed by atoms with Crippen LogP contribution in [0.5, 0.6) is 0 Å². The van der Waals surface area contributed by atoms with E-state index in [1.807, 2.05) is 0 Å². The van der Waals surface area contributed by atoms with Gasteiger partial charge in [-0.3, -0.25) is 9.59 Å². The maximum Gasteiger partial charge on any atom is 0.320 e. The number of fused-ring (bicyclic) bond motifs is 1. The molecule has 1 aromatic rings. The van der Waals surface area contributed by atoms with Crippen molar-refractivity contribution in [1.82, 2.24) is 9.80 Å². The number of likely N-dealkylation sites (N-methyl/N-ethyl adjacent to an activating group) is 1. The van der Waals surface area contributed by atoms with Crippen molar-refractivity contribution in [2.45, 2.75) is 10.1 Å². The molecule has 2 aliphatic rings. The number of rotatable bonds is 3. The van der Waals surface area contributed by atoms with Crippen molar-refractivity contribution in [1.29, 1.82) is 0 Å². The van der Waals surface area contributed by atoms with Crippen LogP contribution >= 0.6 is 11.8 Å². The van der Waals surface area contributed by atoms with Crippen molar-refractivity contribution in [3.8, 4) is 0 Å². The largest absolute Gasteiger partial charge is 0.468 e. The molecule has 2 aliphatic heterocycles. The van der Waals surface area contributed by atoms with Gasteiger partial charge in [0, 0.05) is 31.5 Å². The highest BCUT2D eigenvalue weighted by Crippen LogP contribution is 2.27. The summed E-state index contributed by atoms with van der Waals surface area (Å²) < 4.78 is 32.8. The van der Waals surface area contributed by atoms with Crippen LogP contribution in [0.4, 0.5) is 0 Å². The van der Waals surface area contributed by atoms with Crippen LogP contribution in [0, 0.1) is 0 Å². The van der Waals surface area contributed by atoms with E-state index < -0.39 is 15.3 Å². The van der Waals surface area contributed by atoms with Crippen molar-refractivity contribution in [2.24, 2.45) is 4.40 Å². The molecular formula is C16H19N3O5S2. The Morgan fingerprint density at radius 2 is 2.12 bits per heavy atom. The molecule has 2 heterocycles. The topological polar surface area (TPSA) is 96.3 Å². The van der Waals surface area contributed by atoms with E-state index in [9.17, 15) is 18.0 Å². The Morgan fingerprint density at radius 1 is 1.38 bits per heavy atom. The number of methoxy groups -OCH3 is 1. The number of amides is 1.